The monoisotopic (exact) mass is 277 g/mol. The summed E-state index contributed by atoms with van der Waals surface area (Å²) in [6.07, 6.45) is -0.431. The van der Waals surface area contributed by atoms with Crippen molar-refractivity contribution in [3.63, 3.8) is 0 Å². The SMILES string of the molecule is C[C@@H](O)[C@H](NC(=O)OCc1ccccc1)c1nnco1. The molecule has 0 radical (unpaired) electrons. The van der Waals surface area contributed by atoms with E-state index >= 15 is 0 Å². The van der Waals surface area contributed by atoms with E-state index in [1.807, 2.05) is 30.3 Å². The van der Waals surface area contributed by atoms with Crippen LogP contribution in [0.5, 0.6) is 0 Å². The second kappa shape index (κ2) is 6.67. The molecule has 0 bridgehead atoms. The molecule has 0 spiro atoms. The van der Waals surface area contributed by atoms with Crippen molar-refractivity contribution in [2.75, 3.05) is 0 Å². The Labute approximate surface area is 115 Å². The lowest BCUT2D eigenvalue weighted by Crippen LogP contribution is -2.35. The van der Waals surface area contributed by atoms with Crippen molar-refractivity contribution in [2.24, 2.45) is 0 Å². The van der Waals surface area contributed by atoms with Gasteiger partial charge in [0.25, 0.3) is 0 Å². The van der Waals surface area contributed by atoms with Gasteiger partial charge in [0.05, 0.1) is 6.10 Å². The molecule has 1 amide bonds. The van der Waals surface area contributed by atoms with E-state index in [0.717, 1.165) is 12.0 Å². The van der Waals surface area contributed by atoms with E-state index in [1.165, 1.54) is 6.92 Å². The van der Waals surface area contributed by atoms with Crippen molar-refractivity contribution in [3.05, 3.63) is 48.2 Å². The van der Waals surface area contributed by atoms with Crippen molar-refractivity contribution in [2.45, 2.75) is 25.7 Å². The predicted octanol–water partition coefficient (Wildman–Crippen LogP) is 1.42. The number of hydrogen-bond acceptors (Lipinski definition) is 6. The summed E-state index contributed by atoms with van der Waals surface area (Å²) in [6.45, 7) is 1.65. The molecule has 0 aliphatic rings. The van der Waals surface area contributed by atoms with Crippen LogP contribution < -0.4 is 5.32 Å². The normalized spacial score (nSPS) is 13.5. The van der Waals surface area contributed by atoms with Crippen LogP contribution in [-0.2, 0) is 11.3 Å². The van der Waals surface area contributed by atoms with E-state index in [2.05, 4.69) is 15.5 Å². The number of nitrogens with one attached hydrogen (secondary N) is 1. The fourth-order valence-corrected chi connectivity index (χ4v) is 1.60. The Kier molecular flexibility index (Phi) is 4.67. The highest BCUT2D eigenvalue weighted by Gasteiger charge is 2.25. The molecular formula is C13H15N3O4. The Morgan fingerprint density at radius 3 is 2.80 bits per heavy atom. The van der Waals surface area contributed by atoms with Crippen molar-refractivity contribution >= 4 is 6.09 Å². The molecule has 7 nitrogen and oxygen atoms in total. The molecule has 0 unspecified atom stereocenters. The van der Waals surface area contributed by atoms with Gasteiger partial charge in [-0.1, -0.05) is 30.3 Å². The van der Waals surface area contributed by atoms with Gasteiger partial charge in [-0.15, -0.1) is 10.2 Å². The molecule has 2 N–H and O–H groups in total. The fraction of sp³-hybridized carbons (Fsp3) is 0.308. The first kappa shape index (κ1) is 14.0. The molecule has 0 saturated carbocycles. The van der Waals surface area contributed by atoms with Gasteiger partial charge < -0.3 is 19.6 Å². The lowest BCUT2D eigenvalue weighted by Gasteiger charge is -2.17. The van der Waals surface area contributed by atoms with Gasteiger partial charge in [0.15, 0.2) is 0 Å². The van der Waals surface area contributed by atoms with Gasteiger partial charge in [-0.05, 0) is 12.5 Å². The second-order valence-electron chi connectivity index (χ2n) is 4.20. The van der Waals surface area contributed by atoms with Crippen molar-refractivity contribution in [3.8, 4) is 0 Å². The third-order valence-electron chi connectivity index (χ3n) is 2.61. The van der Waals surface area contributed by atoms with Crippen LogP contribution in [0, 0.1) is 0 Å². The minimum absolute atomic E-state index is 0.122. The number of carbonyl (C=O) groups excluding carboxylic acids is 1. The molecule has 0 fully saturated rings. The topological polar surface area (TPSA) is 97.5 Å². The van der Waals surface area contributed by atoms with Gasteiger partial charge in [0.2, 0.25) is 12.3 Å². The number of alkyl carbamates (subject to hydrolysis) is 1. The van der Waals surface area contributed by atoms with Gasteiger partial charge in [-0.3, -0.25) is 0 Å². The summed E-state index contributed by atoms with van der Waals surface area (Å²) in [7, 11) is 0. The molecule has 2 atom stereocenters. The molecule has 7 heteroatoms. The van der Waals surface area contributed by atoms with E-state index < -0.39 is 18.2 Å². The molecule has 1 aromatic heterocycles. The second-order valence-corrected chi connectivity index (χ2v) is 4.20. The zero-order valence-electron chi connectivity index (χ0n) is 10.9. The first-order valence-corrected chi connectivity index (χ1v) is 6.08. The maximum atomic E-state index is 11.7. The van der Waals surface area contributed by atoms with E-state index in [9.17, 15) is 9.90 Å². The first-order valence-electron chi connectivity index (χ1n) is 6.08. The van der Waals surface area contributed by atoms with E-state index in [0.29, 0.717) is 0 Å². The summed E-state index contributed by atoms with van der Waals surface area (Å²) >= 11 is 0. The standard InChI is InChI=1S/C13H15N3O4/c1-9(17)11(12-16-14-8-20-12)15-13(18)19-7-10-5-3-2-4-6-10/h2-6,8-9,11,17H,7H2,1H3,(H,15,18)/t9-,11+/m1/s1. The number of aliphatic hydroxyl groups is 1. The van der Waals surface area contributed by atoms with Gasteiger partial charge >= 0.3 is 6.09 Å². The summed E-state index contributed by atoms with van der Waals surface area (Å²) < 4.78 is 10.0. The van der Waals surface area contributed by atoms with E-state index in [1.54, 1.807) is 0 Å². The highest BCUT2D eigenvalue weighted by atomic mass is 16.5. The molecule has 0 aliphatic heterocycles. The number of aromatic nitrogens is 2. The van der Waals surface area contributed by atoms with Crippen LogP contribution >= 0.6 is 0 Å². The van der Waals surface area contributed by atoms with Crippen LogP contribution in [0.2, 0.25) is 0 Å². The van der Waals surface area contributed by atoms with Crippen molar-refractivity contribution < 1.29 is 19.1 Å². The largest absolute Gasteiger partial charge is 0.445 e. The molecule has 106 valence electrons. The number of hydrogen-bond donors (Lipinski definition) is 2. The Balaban J connectivity index is 1.89. The third-order valence-corrected chi connectivity index (χ3v) is 2.61. The molecule has 2 aromatic rings. The highest BCUT2D eigenvalue weighted by Crippen LogP contribution is 2.14. The molecule has 0 saturated heterocycles. The zero-order chi connectivity index (χ0) is 14.4. The van der Waals surface area contributed by atoms with Crippen LogP contribution in [0.1, 0.15) is 24.4 Å². The minimum Gasteiger partial charge on any atom is -0.445 e. The Bertz CT molecular complexity index is 528. The summed E-state index contributed by atoms with van der Waals surface area (Å²) in [5, 5.41) is 19.3. The lowest BCUT2D eigenvalue weighted by atomic mass is 10.2. The molecule has 20 heavy (non-hydrogen) atoms. The molecule has 1 heterocycles. The highest BCUT2D eigenvalue weighted by molar-refractivity contribution is 5.67. The van der Waals surface area contributed by atoms with Crippen LogP contribution in [0.3, 0.4) is 0 Å². The Morgan fingerprint density at radius 2 is 2.20 bits per heavy atom. The Morgan fingerprint density at radius 1 is 1.45 bits per heavy atom. The summed E-state index contributed by atoms with van der Waals surface area (Å²) in [5.74, 6) is 0.122. The average Bonchev–Trinajstić information content (AvgIpc) is 2.97. The number of amides is 1. The molecule has 0 aliphatic carbocycles. The fourth-order valence-electron chi connectivity index (χ4n) is 1.60. The number of aliphatic hydroxyl groups excluding tert-OH is 1. The van der Waals surface area contributed by atoms with Gasteiger partial charge in [0.1, 0.15) is 12.6 Å². The lowest BCUT2D eigenvalue weighted by molar-refractivity contribution is 0.101. The summed E-state index contributed by atoms with van der Waals surface area (Å²) in [5.41, 5.74) is 0.869. The Hall–Kier alpha value is -2.41. The van der Waals surface area contributed by atoms with Crippen LogP contribution in [-0.4, -0.2) is 27.5 Å². The first-order chi connectivity index (χ1) is 9.66. The number of ether oxygens (including phenoxy) is 1. The van der Waals surface area contributed by atoms with Crippen LogP contribution in [0.25, 0.3) is 0 Å². The number of benzene rings is 1. The molecular weight excluding hydrogens is 262 g/mol. The quantitative estimate of drug-likeness (QED) is 0.857. The molecule has 2 rings (SSSR count). The van der Waals surface area contributed by atoms with Gasteiger partial charge in [-0.25, -0.2) is 4.79 Å². The predicted molar refractivity (Wildman–Crippen MR) is 68.5 cm³/mol. The summed E-state index contributed by atoms with van der Waals surface area (Å²) in [6, 6.07) is 8.47. The minimum atomic E-state index is -0.889. The third kappa shape index (κ3) is 3.79. The van der Waals surface area contributed by atoms with Crippen molar-refractivity contribution in [1.29, 1.82) is 0 Å². The number of carbonyl (C=O) groups is 1. The molecule has 1 aromatic carbocycles. The van der Waals surface area contributed by atoms with Gasteiger partial charge in [0, 0.05) is 0 Å². The average molecular weight is 277 g/mol. The van der Waals surface area contributed by atoms with E-state index in [-0.39, 0.29) is 12.5 Å². The number of rotatable bonds is 5. The maximum Gasteiger partial charge on any atom is 0.408 e. The smallest absolute Gasteiger partial charge is 0.408 e. The zero-order valence-corrected chi connectivity index (χ0v) is 10.9. The van der Waals surface area contributed by atoms with Crippen LogP contribution in [0.15, 0.2) is 41.1 Å². The van der Waals surface area contributed by atoms with Crippen molar-refractivity contribution in [1.82, 2.24) is 15.5 Å². The van der Waals surface area contributed by atoms with Crippen LogP contribution in [0.4, 0.5) is 4.79 Å². The maximum absolute atomic E-state index is 11.7. The van der Waals surface area contributed by atoms with E-state index in [4.69, 9.17) is 9.15 Å². The summed E-state index contributed by atoms with van der Waals surface area (Å²) in [4.78, 5) is 11.7. The van der Waals surface area contributed by atoms with Gasteiger partial charge in [-0.2, -0.15) is 0 Å². The number of nitrogens with zero attached hydrogens (tertiary/aromatic N) is 2.